The normalized spacial score (nSPS) is 32.5. The predicted molar refractivity (Wildman–Crippen MR) is 105 cm³/mol. The summed E-state index contributed by atoms with van der Waals surface area (Å²) in [5.41, 5.74) is 0.554. The number of para-hydroxylation sites is 1. The second kappa shape index (κ2) is 7.21. The van der Waals surface area contributed by atoms with Gasteiger partial charge in [-0.05, 0) is 57.1 Å². The summed E-state index contributed by atoms with van der Waals surface area (Å²) in [7, 11) is 0. The molecule has 2 heterocycles. The molecule has 1 aromatic carbocycles. The fraction of sp³-hybridized carbons (Fsp3) is 0.650. The third kappa shape index (κ3) is 3.21. The number of rotatable bonds is 2. The lowest BCUT2D eigenvalue weighted by Crippen LogP contribution is -2.50. The summed E-state index contributed by atoms with van der Waals surface area (Å²) in [5, 5.41) is 11.1. The van der Waals surface area contributed by atoms with Crippen molar-refractivity contribution < 1.29 is 9.90 Å². The van der Waals surface area contributed by atoms with E-state index in [2.05, 4.69) is 9.80 Å². The molecule has 1 N–H and O–H groups in total. The van der Waals surface area contributed by atoms with Crippen molar-refractivity contribution in [1.82, 2.24) is 4.90 Å². The molecule has 4 rings (SSSR count). The molecule has 142 valence electrons. The molecule has 1 aromatic rings. The highest BCUT2D eigenvalue weighted by molar-refractivity contribution is 6.39. The fourth-order valence-corrected chi connectivity index (χ4v) is 5.69. The van der Waals surface area contributed by atoms with Gasteiger partial charge < -0.3 is 14.9 Å². The number of piperidine rings is 1. The van der Waals surface area contributed by atoms with Gasteiger partial charge in [-0.3, -0.25) is 4.79 Å². The molecule has 1 spiro atoms. The third-order valence-electron chi connectivity index (χ3n) is 6.48. The van der Waals surface area contributed by atoms with Crippen LogP contribution in [-0.2, 0) is 4.79 Å². The number of aliphatic hydroxyl groups is 1. The van der Waals surface area contributed by atoms with Crippen molar-refractivity contribution >= 4 is 34.8 Å². The van der Waals surface area contributed by atoms with Crippen molar-refractivity contribution in [3.05, 3.63) is 28.2 Å². The van der Waals surface area contributed by atoms with Gasteiger partial charge in [-0.1, -0.05) is 29.3 Å². The highest BCUT2D eigenvalue weighted by Crippen LogP contribution is 2.45. The largest absolute Gasteiger partial charge is 0.393 e. The van der Waals surface area contributed by atoms with E-state index in [0.717, 1.165) is 63.7 Å². The second-order valence-corrected chi connectivity index (χ2v) is 8.90. The van der Waals surface area contributed by atoms with Crippen LogP contribution in [0.25, 0.3) is 0 Å². The maximum absolute atomic E-state index is 13.4. The first-order valence-electron chi connectivity index (χ1n) is 9.68. The van der Waals surface area contributed by atoms with Gasteiger partial charge in [-0.25, -0.2) is 0 Å². The molecular weight excluding hydrogens is 371 g/mol. The van der Waals surface area contributed by atoms with Gasteiger partial charge in [0.1, 0.15) is 0 Å². The zero-order valence-corrected chi connectivity index (χ0v) is 16.5. The number of benzene rings is 1. The smallest absolute Gasteiger partial charge is 0.230 e. The van der Waals surface area contributed by atoms with Crippen LogP contribution in [0.2, 0.25) is 10.0 Å². The first-order chi connectivity index (χ1) is 12.5. The Hall–Kier alpha value is -0.970. The molecule has 4 nitrogen and oxygen atoms in total. The van der Waals surface area contributed by atoms with Crippen molar-refractivity contribution in [2.24, 2.45) is 5.41 Å². The van der Waals surface area contributed by atoms with Crippen LogP contribution in [0, 0.1) is 5.41 Å². The monoisotopic (exact) mass is 396 g/mol. The van der Waals surface area contributed by atoms with E-state index in [1.165, 1.54) is 0 Å². The Kier molecular flexibility index (Phi) is 5.10. The van der Waals surface area contributed by atoms with E-state index in [-0.39, 0.29) is 11.5 Å². The van der Waals surface area contributed by atoms with Crippen LogP contribution in [0.3, 0.4) is 0 Å². The van der Waals surface area contributed by atoms with Crippen LogP contribution in [-0.4, -0.2) is 47.7 Å². The van der Waals surface area contributed by atoms with Gasteiger partial charge >= 0.3 is 0 Å². The number of carbonyl (C=O) groups is 1. The Morgan fingerprint density at radius 1 is 1.04 bits per heavy atom. The lowest BCUT2D eigenvalue weighted by molar-refractivity contribution is -0.139. The highest BCUT2D eigenvalue weighted by Gasteiger charge is 2.50. The molecule has 0 radical (unpaired) electrons. The summed E-state index contributed by atoms with van der Waals surface area (Å²) in [6, 6.07) is 5.87. The molecule has 26 heavy (non-hydrogen) atoms. The minimum atomic E-state index is -0.309. The zero-order valence-electron chi connectivity index (χ0n) is 15.0. The number of hydrogen-bond acceptors (Lipinski definition) is 3. The molecule has 6 heteroatoms. The number of halogens is 2. The SMILES string of the molecule is O=C1N([C@H]2CC[C@H](O)CC2)CC[C@@]12CCCN(c1c(Cl)cccc1Cl)C2. The Bertz CT molecular complexity index is 670. The van der Waals surface area contributed by atoms with Crippen molar-refractivity contribution in [3.63, 3.8) is 0 Å². The van der Waals surface area contributed by atoms with Crippen LogP contribution < -0.4 is 4.90 Å². The quantitative estimate of drug-likeness (QED) is 0.817. The summed E-state index contributed by atoms with van der Waals surface area (Å²) < 4.78 is 0. The summed E-state index contributed by atoms with van der Waals surface area (Å²) in [5.74, 6) is 0.298. The van der Waals surface area contributed by atoms with Gasteiger partial charge in [-0.15, -0.1) is 0 Å². The first kappa shape index (κ1) is 18.4. The molecule has 2 aliphatic heterocycles. The van der Waals surface area contributed by atoms with E-state index >= 15 is 0 Å². The number of amides is 1. The molecule has 0 bridgehead atoms. The summed E-state index contributed by atoms with van der Waals surface area (Å²) in [4.78, 5) is 17.7. The Morgan fingerprint density at radius 3 is 2.42 bits per heavy atom. The van der Waals surface area contributed by atoms with E-state index in [1.807, 2.05) is 18.2 Å². The molecule has 1 amide bonds. The van der Waals surface area contributed by atoms with Crippen LogP contribution >= 0.6 is 23.2 Å². The minimum Gasteiger partial charge on any atom is -0.393 e. The second-order valence-electron chi connectivity index (χ2n) is 8.09. The Labute approximate surface area is 165 Å². The lowest BCUT2D eigenvalue weighted by Gasteiger charge is -2.42. The average molecular weight is 397 g/mol. The zero-order chi connectivity index (χ0) is 18.3. The van der Waals surface area contributed by atoms with Crippen LogP contribution in [0.4, 0.5) is 5.69 Å². The summed E-state index contributed by atoms with van der Waals surface area (Å²) in [6.45, 7) is 2.42. The van der Waals surface area contributed by atoms with Gasteiger partial charge in [0, 0.05) is 25.7 Å². The average Bonchev–Trinajstić information content (AvgIpc) is 2.92. The Balaban J connectivity index is 1.53. The topological polar surface area (TPSA) is 43.8 Å². The molecule has 1 saturated carbocycles. The summed E-state index contributed by atoms with van der Waals surface area (Å²) >= 11 is 12.8. The molecular formula is C20H26Cl2N2O2. The number of nitrogens with zero attached hydrogens (tertiary/aromatic N) is 2. The van der Waals surface area contributed by atoms with Crippen molar-refractivity contribution in [2.45, 2.75) is 57.1 Å². The van der Waals surface area contributed by atoms with E-state index < -0.39 is 0 Å². The summed E-state index contributed by atoms with van der Waals surface area (Å²) in [6.07, 6.45) is 6.09. The number of likely N-dealkylation sites (tertiary alicyclic amines) is 1. The van der Waals surface area contributed by atoms with Gasteiger partial charge in [0.15, 0.2) is 0 Å². The van der Waals surface area contributed by atoms with Crippen LogP contribution in [0.15, 0.2) is 18.2 Å². The molecule has 3 fully saturated rings. The van der Waals surface area contributed by atoms with Crippen LogP contribution in [0.1, 0.15) is 44.9 Å². The van der Waals surface area contributed by atoms with E-state index in [0.29, 0.717) is 28.5 Å². The number of anilines is 1. The highest BCUT2D eigenvalue weighted by atomic mass is 35.5. The Morgan fingerprint density at radius 2 is 1.73 bits per heavy atom. The van der Waals surface area contributed by atoms with Crippen molar-refractivity contribution in [3.8, 4) is 0 Å². The number of carbonyl (C=O) groups excluding carboxylic acids is 1. The van der Waals surface area contributed by atoms with E-state index in [9.17, 15) is 9.90 Å². The minimum absolute atomic E-state index is 0.189. The van der Waals surface area contributed by atoms with Gasteiger partial charge in [-0.2, -0.15) is 0 Å². The molecule has 2 saturated heterocycles. The van der Waals surface area contributed by atoms with Crippen molar-refractivity contribution in [1.29, 1.82) is 0 Å². The van der Waals surface area contributed by atoms with Gasteiger partial charge in [0.05, 0.1) is 27.3 Å². The number of aliphatic hydroxyl groups excluding tert-OH is 1. The molecule has 1 atom stereocenters. The first-order valence-corrected chi connectivity index (χ1v) is 10.4. The third-order valence-corrected chi connectivity index (χ3v) is 7.09. The molecule has 1 aliphatic carbocycles. The maximum Gasteiger partial charge on any atom is 0.230 e. The van der Waals surface area contributed by atoms with E-state index in [4.69, 9.17) is 23.2 Å². The lowest BCUT2D eigenvalue weighted by atomic mass is 9.78. The maximum atomic E-state index is 13.4. The van der Waals surface area contributed by atoms with Crippen LogP contribution in [0.5, 0.6) is 0 Å². The molecule has 0 aromatic heterocycles. The van der Waals surface area contributed by atoms with Gasteiger partial charge in [0.2, 0.25) is 5.91 Å². The standard InChI is InChI=1S/C20H26Cl2N2O2/c21-16-3-1-4-17(22)18(16)23-11-2-9-20(13-23)10-12-24(19(20)26)14-5-7-15(25)8-6-14/h1,3-4,14-15,25H,2,5-13H2/t14-,15-,20-/m1/s1. The molecule has 0 unspecified atom stereocenters. The molecule has 3 aliphatic rings. The van der Waals surface area contributed by atoms with Crippen molar-refractivity contribution in [2.75, 3.05) is 24.5 Å². The van der Waals surface area contributed by atoms with E-state index in [1.54, 1.807) is 0 Å². The van der Waals surface area contributed by atoms with Gasteiger partial charge in [0.25, 0.3) is 0 Å². The fourth-order valence-electron chi connectivity index (χ4n) is 5.06. The number of hydrogen-bond donors (Lipinski definition) is 1. The predicted octanol–water partition coefficient (Wildman–Crippen LogP) is 4.12.